The van der Waals surface area contributed by atoms with Crippen LogP contribution >= 0.6 is 0 Å². The van der Waals surface area contributed by atoms with Crippen molar-refractivity contribution in [3.8, 4) is 11.5 Å². The fraction of sp³-hybridized carbons (Fsp3) is 0.312. The molecule has 0 aliphatic carbocycles. The van der Waals surface area contributed by atoms with Crippen molar-refractivity contribution in [2.24, 2.45) is 5.10 Å². The van der Waals surface area contributed by atoms with Gasteiger partial charge in [0.2, 0.25) is 5.95 Å². The lowest BCUT2D eigenvalue weighted by molar-refractivity contribution is 0.315. The number of anilines is 1. The number of hydrazone groups is 1. The average Bonchev–Trinajstić information content (AvgIpc) is 2.46. The van der Waals surface area contributed by atoms with Crippen LogP contribution in [0.4, 0.5) is 5.95 Å². The molecule has 0 saturated heterocycles. The van der Waals surface area contributed by atoms with E-state index < -0.39 is 0 Å². The normalized spacial score (nSPS) is 10.9. The molecule has 0 amide bonds. The Morgan fingerprint density at radius 1 is 1.23 bits per heavy atom. The lowest BCUT2D eigenvalue weighted by Gasteiger charge is -2.06. The fourth-order valence-corrected chi connectivity index (χ4v) is 1.88. The summed E-state index contributed by atoms with van der Waals surface area (Å²) < 4.78 is 5.45. The van der Waals surface area contributed by atoms with E-state index in [4.69, 9.17) is 4.74 Å². The van der Waals surface area contributed by atoms with Crippen molar-refractivity contribution in [2.75, 3.05) is 12.0 Å². The number of phenolic OH excluding ortho intramolecular Hbond substituents is 1. The zero-order valence-corrected chi connectivity index (χ0v) is 13.0. The number of benzene rings is 1. The summed E-state index contributed by atoms with van der Waals surface area (Å²) in [5.41, 5.74) is 5.07. The molecule has 0 fully saturated rings. The van der Waals surface area contributed by atoms with Gasteiger partial charge in [0.15, 0.2) is 0 Å². The Hall–Kier alpha value is -2.63. The Labute approximate surface area is 129 Å². The molecule has 6 heteroatoms. The van der Waals surface area contributed by atoms with Crippen molar-refractivity contribution in [2.45, 2.75) is 27.2 Å². The number of aromatic hydroxyl groups is 1. The Bertz CT molecular complexity index is 651. The molecule has 0 spiro atoms. The van der Waals surface area contributed by atoms with Gasteiger partial charge in [-0.15, -0.1) is 0 Å². The summed E-state index contributed by atoms with van der Waals surface area (Å²) in [6.07, 6.45) is 2.43. The first-order valence-electron chi connectivity index (χ1n) is 7.15. The maximum atomic E-state index is 9.95. The zero-order chi connectivity index (χ0) is 15.9. The van der Waals surface area contributed by atoms with Crippen LogP contribution in [0.5, 0.6) is 11.5 Å². The first-order valence-corrected chi connectivity index (χ1v) is 7.15. The van der Waals surface area contributed by atoms with Crippen molar-refractivity contribution in [3.63, 3.8) is 0 Å². The van der Waals surface area contributed by atoms with Crippen molar-refractivity contribution in [1.29, 1.82) is 0 Å². The van der Waals surface area contributed by atoms with Crippen LogP contribution in [0.1, 0.15) is 30.3 Å². The average molecular weight is 300 g/mol. The minimum atomic E-state index is 0.112. The molecule has 22 heavy (non-hydrogen) atoms. The third-order valence-electron chi connectivity index (χ3n) is 2.83. The second-order valence-electron chi connectivity index (χ2n) is 4.91. The Kier molecular flexibility index (Phi) is 5.30. The highest BCUT2D eigenvalue weighted by Crippen LogP contribution is 2.22. The van der Waals surface area contributed by atoms with Gasteiger partial charge >= 0.3 is 0 Å². The molecule has 0 bridgehead atoms. The molecule has 116 valence electrons. The summed E-state index contributed by atoms with van der Waals surface area (Å²) in [4.78, 5) is 8.43. The van der Waals surface area contributed by atoms with Crippen LogP contribution in [0.3, 0.4) is 0 Å². The van der Waals surface area contributed by atoms with Crippen LogP contribution < -0.4 is 10.2 Å². The number of hydrogen-bond donors (Lipinski definition) is 2. The van der Waals surface area contributed by atoms with Crippen LogP contribution in [0.2, 0.25) is 0 Å². The number of hydrogen-bond acceptors (Lipinski definition) is 6. The van der Waals surface area contributed by atoms with Gasteiger partial charge in [-0.3, -0.25) is 0 Å². The number of nitrogens with one attached hydrogen (secondary N) is 1. The molecule has 0 aliphatic rings. The van der Waals surface area contributed by atoms with Gasteiger partial charge in [0.1, 0.15) is 11.5 Å². The predicted molar refractivity (Wildman–Crippen MR) is 86.6 cm³/mol. The third kappa shape index (κ3) is 4.44. The predicted octanol–water partition coefficient (Wildman–Crippen LogP) is 3.03. The second-order valence-corrected chi connectivity index (χ2v) is 4.91. The number of aryl methyl sites for hydroxylation is 2. The van der Waals surface area contributed by atoms with Crippen LogP contribution in [0, 0.1) is 13.8 Å². The third-order valence-corrected chi connectivity index (χ3v) is 2.83. The van der Waals surface area contributed by atoms with Crippen molar-refractivity contribution < 1.29 is 9.84 Å². The van der Waals surface area contributed by atoms with E-state index >= 15 is 0 Å². The van der Waals surface area contributed by atoms with E-state index in [1.807, 2.05) is 26.8 Å². The van der Waals surface area contributed by atoms with Crippen LogP contribution in [0.15, 0.2) is 29.4 Å². The summed E-state index contributed by atoms with van der Waals surface area (Å²) in [5, 5.41) is 14.0. The van der Waals surface area contributed by atoms with E-state index in [0.29, 0.717) is 23.9 Å². The van der Waals surface area contributed by atoms with Gasteiger partial charge in [0.25, 0.3) is 0 Å². The lowest BCUT2D eigenvalue weighted by Crippen LogP contribution is -2.00. The number of nitrogens with zero attached hydrogens (tertiary/aromatic N) is 3. The molecule has 0 atom stereocenters. The molecule has 1 aromatic carbocycles. The van der Waals surface area contributed by atoms with Gasteiger partial charge in [-0.1, -0.05) is 6.92 Å². The summed E-state index contributed by atoms with van der Waals surface area (Å²) >= 11 is 0. The van der Waals surface area contributed by atoms with Gasteiger partial charge in [-0.25, -0.2) is 15.4 Å². The largest absolute Gasteiger partial charge is 0.507 e. The minimum Gasteiger partial charge on any atom is -0.507 e. The highest BCUT2D eigenvalue weighted by molar-refractivity contribution is 5.84. The lowest BCUT2D eigenvalue weighted by atomic mass is 10.2. The minimum absolute atomic E-state index is 0.112. The number of phenols is 1. The monoisotopic (exact) mass is 300 g/mol. The topological polar surface area (TPSA) is 79.6 Å². The maximum Gasteiger partial charge on any atom is 0.243 e. The quantitative estimate of drug-likeness (QED) is 0.633. The van der Waals surface area contributed by atoms with Gasteiger partial charge in [-0.05, 0) is 38.5 Å². The standard InChI is InChI=1S/C16H20N4O2/c1-4-7-22-14-6-5-13(15(21)9-14)10-17-20-16-18-11(2)8-12(3)19-16/h5-6,8-10,21H,4,7H2,1-3H3,(H,18,19,20)/b17-10+. The molecule has 6 nitrogen and oxygen atoms in total. The molecule has 0 unspecified atom stereocenters. The SMILES string of the molecule is CCCOc1ccc(/C=N/Nc2nc(C)cc(C)n2)c(O)c1. The van der Waals surface area contributed by atoms with Crippen LogP contribution in [0.25, 0.3) is 0 Å². The van der Waals surface area contributed by atoms with Gasteiger partial charge in [0, 0.05) is 23.0 Å². The second kappa shape index (κ2) is 7.40. The van der Waals surface area contributed by atoms with E-state index in [0.717, 1.165) is 17.8 Å². The molecule has 0 aliphatic heterocycles. The Balaban J connectivity index is 2.03. The molecule has 1 aromatic heterocycles. The van der Waals surface area contributed by atoms with Crippen molar-refractivity contribution >= 4 is 12.2 Å². The smallest absolute Gasteiger partial charge is 0.243 e. The Morgan fingerprint density at radius 3 is 2.59 bits per heavy atom. The highest BCUT2D eigenvalue weighted by Gasteiger charge is 2.02. The van der Waals surface area contributed by atoms with E-state index in [-0.39, 0.29) is 5.75 Å². The molecule has 1 heterocycles. The Morgan fingerprint density at radius 2 is 1.95 bits per heavy atom. The number of ether oxygens (including phenoxy) is 1. The fourth-order valence-electron chi connectivity index (χ4n) is 1.88. The highest BCUT2D eigenvalue weighted by atomic mass is 16.5. The van der Waals surface area contributed by atoms with E-state index in [9.17, 15) is 5.11 Å². The van der Waals surface area contributed by atoms with Gasteiger partial charge < -0.3 is 9.84 Å². The molecule has 0 radical (unpaired) electrons. The van der Waals surface area contributed by atoms with Crippen LogP contribution in [-0.4, -0.2) is 27.9 Å². The zero-order valence-electron chi connectivity index (χ0n) is 13.0. The van der Waals surface area contributed by atoms with Crippen LogP contribution in [-0.2, 0) is 0 Å². The number of rotatable bonds is 6. The summed E-state index contributed by atoms with van der Waals surface area (Å²) in [6, 6.07) is 7.00. The maximum absolute atomic E-state index is 9.95. The van der Waals surface area contributed by atoms with E-state index in [1.54, 1.807) is 18.2 Å². The molecular weight excluding hydrogens is 280 g/mol. The first-order chi connectivity index (χ1) is 10.6. The van der Waals surface area contributed by atoms with Gasteiger partial charge in [0.05, 0.1) is 12.8 Å². The van der Waals surface area contributed by atoms with E-state index in [2.05, 4.69) is 20.5 Å². The summed E-state index contributed by atoms with van der Waals surface area (Å²) in [7, 11) is 0. The number of aromatic nitrogens is 2. The molecular formula is C16H20N4O2. The summed E-state index contributed by atoms with van der Waals surface area (Å²) in [5.74, 6) is 1.18. The van der Waals surface area contributed by atoms with Crippen molar-refractivity contribution in [3.05, 3.63) is 41.2 Å². The molecule has 2 rings (SSSR count). The first kappa shape index (κ1) is 15.8. The molecule has 2 aromatic rings. The summed E-state index contributed by atoms with van der Waals surface area (Å²) in [6.45, 7) is 6.44. The van der Waals surface area contributed by atoms with Crippen molar-refractivity contribution in [1.82, 2.24) is 9.97 Å². The molecule has 0 saturated carbocycles. The molecule has 2 N–H and O–H groups in total. The van der Waals surface area contributed by atoms with E-state index in [1.165, 1.54) is 6.21 Å². The van der Waals surface area contributed by atoms with Gasteiger partial charge in [-0.2, -0.15) is 5.10 Å².